The molecule has 2 heteroatoms. The maximum Gasteiger partial charge on any atom is 0.0125 e. The Kier molecular flexibility index (Phi) is 2.52. The molecule has 6 atom stereocenters. The van der Waals surface area contributed by atoms with Crippen LogP contribution in [0.3, 0.4) is 0 Å². The third kappa shape index (κ3) is 1.62. The lowest BCUT2D eigenvalue weighted by Gasteiger charge is -2.48. The predicted octanol–water partition coefficient (Wildman–Crippen LogP) is 1.89. The van der Waals surface area contributed by atoms with E-state index in [1.165, 1.54) is 38.5 Å². The van der Waals surface area contributed by atoms with Crippen LogP contribution in [0.5, 0.6) is 0 Å². The molecule has 0 aromatic heterocycles. The molecule has 3 rings (SSSR count). The van der Waals surface area contributed by atoms with Gasteiger partial charge < -0.3 is 11.1 Å². The van der Waals surface area contributed by atoms with Crippen molar-refractivity contribution in [3.63, 3.8) is 0 Å². The van der Waals surface area contributed by atoms with Crippen LogP contribution in [0.4, 0.5) is 0 Å². The molecule has 6 unspecified atom stereocenters. The molecule has 3 N–H and O–H groups in total. The number of piperidine rings is 1. The van der Waals surface area contributed by atoms with Crippen LogP contribution in [0.25, 0.3) is 0 Å². The number of nitrogens with two attached hydrogens (primary N) is 1. The van der Waals surface area contributed by atoms with E-state index in [1.807, 2.05) is 0 Å². The fourth-order valence-corrected chi connectivity index (χ4v) is 4.31. The Morgan fingerprint density at radius 2 is 1.80 bits per heavy atom. The van der Waals surface area contributed by atoms with Gasteiger partial charge in [0, 0.05) is 18.1 Å². The second-order valence-corrected chi connectivity index (χ2v) is 6.13. The molecule has 2 nitrogen and oxygen atoms in total. The zero-order valence-corrected chi connectivity index (χ0v) is 9.78. The molecule has 0 amide bonds. The molecular weight excluding hydrogens is 184 g/mol. The van der Waals surface area contributed by atoms with Crippen molar-refractivity contribution >= 4 is 0 Å². The van der Waals surface area contributed by atoms with E-state index < -0.39 is 0 Å². The highest BCUT2D eigenvalue weighted by Gasteiger charge is 2.45. The van der Waals surface area contributed by atoms with Crippen molar-refractivity contribution in [2.75, 3.05) is 0 Å². The predicted molar refractivity (Wildman–Crippen MR) is 62.5 cm³/mol. The summed E-state index contributed by atoms with van der Waals surface area (Å²) in [6.07, 6.45) is 8.27. The van der Waals surface area contributed by atoms with Crippen molar-refractivity contribution in [2.45, 2.75) is 63.6 Å². The molecule has 2 saturated carbocycles. The molecule has 1 heterocycles. The summed E-state index contributed by atoms with van der Waals surface area (Å²) < 4.78 is 0. The molecule has 1 saturated heterocycles. The van der Waals surface area contributed by atoms with Gasteiger partial charge in [0.05, 0.1) is 0 Å². The summed E-state index contributed by atoms with van der Waals surface area (Å²) in [7, 11) is 0. The van der Waals surface area contributed by atoms with E-state index >= 15 is 0 Å². The molecule has 3 fully saturated rings. The molecule has 0 spiro atoms. The molecule has 1 aliphatic heterocycles. The van der Waals surface area contributed by atoms with E-state index in [1.54, 1.807) is 0 Å². The van der Waals surface area contributed by atoms with E-state index in [2.05, 4.69) is 12.2 Å². The summed E-state index contributed by atoms with van der Waals surface area (Å²) in [6, 6.07) is 2.00. The third-order valence-corrected chi connectivity index (χ3v) is 5.15. The second kappa shape index (κ2) is 3.74. The Morgan fingerprint density at radius 3 is 2.67 bits per heavy atom. The maximum atomic E-state index is 6.50. The van der Waals surface area contributed by atoms with Gasteiger partial charge in [-0.25, -0.2) is 0 Å². The van der Waals surface area contributed by atoms with Gasteiger partial charge in [0.2, 0.25) is 0 Å². The van der Waals surface area contributed by atoms with Crippen LogP contribution >= 0.6 is 0 Å². The Labute approximate surface area is 93.0 Å². The Morgan fingerprint density at radius 1 is 1.00 bits per heavy atom. The highest BCUT2D eigenvalue weighted by Crippen LogP contribution is 2.41. The van der Waals surface area contributed by atoms with Crippen molar-refractivity contribution in [1.82, 2.24) is 5.32 Å². The van der Waals surface area contributed by atoms with E-state index in [-0.39, 0.29) is 0 Å². The first kappa shape index (κ1) is 10.1. The quantitative estimate of drug-likeness (QED) is 0.638. The summed E-state index contributed by atoms with van der Waals surface area (Å²) in [5.41, 5.74) is 6.50. The fraction of sp³-hybridized carbons (Fsp3) is 1.00. The fourth-order valence-electron chi connectivity index (χ4n) is 4.31. The summed E-state index contributed by atoms with van der Waals surface area (Å²) in [5, 5.41) is 3.89. The van der Waals surface area contributed by atoms with Gasteiger partial charge in [0.15, 0.2) is 0 Å². The molecule has 86 valence electrons. The number of hydrogen-bond donors (Lipinski definition) is 2. The topological polar surface area (TPSA) is 38.0 Å². The van der Waals surface area contributed by atoms with E-state index in [0.717, 1.165) is 29.8 Å². The second-order valence-electron chi connectivity index (χ2n) is 6.13. The van der Waals surface area contributed by atoms with Gasteiger partial charge >= 0.3 is 0 Å². The molecular formula is C13H24N2. The molecule has 3 aliphatic rings. The molecule has 0 aromatic carbocycles. The Balaban J connectivity index is 1.77. The minimum atomic E-state index is 0.492. The van der Waals surface area contributed by atoms with Crippen molar-refractivity contribution in [1.29, 1.82) is 0 Å². The number of rotatable bonds is 0. The van der Waals surface area contributed by atoms with Crippen LogP contribution < -0.4 is 11.1 Å². The SMILES string of the molecule is CC1CCC2NC3CCCC3C(N)C2C1. The normalized spacial score (nSPS) is 54.8. The van der Waals surface area contributed by atoms with Gasteiger partial charge in [-0.05, 0) is 49.9 Å². The summed E-state index contributed by atoms with van der Waals surface area (Å²) in [6.45, 7) is 2.39. The van der Waals surface area contributed by atoms with Crippen LogP contribution in [0.2, 0.25) is 0 Å². The average Bonchev–Trinajstić information content (AvgIpc) is 2.68. The van der Waals surface area contributed by atoms with E-state index in [4.69, 9.17) is 5.73 Å². The molecule has 0 bridgehead atoms. The molecule has 2 aliphatic carbocycles. The minimum Gasteiger partial charge on any atom is -0.327 e. The number of nitrogens with one attached hydrogen (secondary N) is 1. The third-order valence-electron chi connectivity index (χ3n) is 5.15. The first-order valence-corrected chi connectivity index (χ1v) is 6.77. The van der Waals surface area contributed by atoms with E-state index in [9.17, 15) is 0 Å². The minimum absolute atomic E-state index is 0.492. The highest BCUT2D eigenvalue weighted by molar-refractivity contribution is 5.03. The largest absolute Gasteiger partial charge is 0.327 e. The van der Waals surface area contributed by atoms with Crippen molar-refractivity contribution in [3.05, 3.63) is 0 Å². The first-order valence-electron chi connectivity index (χ1n) is 6.77. The smallest absolute Gasteiger partial charge is 0.0125 e. The number of hydrogen-bond acceptors (Lipinski definition) is 2. The van der Waals surface area contributed by atoms with Crippen molar-refractivity contribution in [3.8, 4) is 0 Å². The van der Waals surface area contributed by atoms with Crippen molar-refractivity contribution < 1.29 is 0 Å². The van der Waals surface area contributed by atoms with Crippen LogP contribution in [-0.4, -0.2) is 18.1 Å². The van der Waals surface area contributed by atoms with Crippen LogP contribution in [0, 0.1) is 17.8 Å². The van der Waals surface area contributed by atoms with Crippen LogP contribution in [-0.2, 0) is 0 Å². The van der Waals surface area contributed by atoms with Crippen LogP contribution in [0.15, 0.2) is 0 Å². The summed E-state index contributed by atoms with van der Waals surface area (Å²) in [4.78, 5) is 0. The number of fused-ring (bicyclic) bond motifs is 2. The van der Waals surface area contributed by atoms with Gasteiger partial charge in [-0.3, -0.25) is 0 Å². The standard InChI is InChI=1S/C13H24N2/c1-8-5-6-12-10(7-8)13(14)9-3-2-4-11(9)15-12/h8-13,15H,2-7,14H2,1H3. The highest BCUT2D eigenvalue weighted by atomic mass is 15.0. The summed E-state index contributed by atoms with van der Waals surface area (Å²) >= 11 is 0. The van der Waals surface area contributed by atoms with Gasteiger partial charge in [-0.2, -0.15) is 0 Å². The van der Waals surface area contributed by atoms with Gasteiger partial charge in [-0.1, -0.05) is 13.3 Å². The maximum absolute atomic E-state index is 6.50. The Bertz CT molecular complexity index is 241. The van der Waals surface area contributed by atoms with Gasteiger partial charge in [0.25, 0.3) is 0 Å². The van der Waals surface area contributed by atoms with E-state index in [0.29, 0.717) is 6.04 Å². The van der Waals surface area contributed by atoms with Gasteiger partial charge in [-0.15, -0.1) is 0 Å². The lowest BCUT2D eigenvalue weighted by atomic mass is 9.68. The average molecular weight is 208 g/mol. The monoisotopic (exact) mass is 208 g/mol. The van der Waals surface area contributed by atoms with Gasteiger partial charge in [0.1, 0.15) is 0 Å². The zero-order valence-electron chi connectivity index (χ0n) is 9.78. The Hall–Kier alpha value is -0.0800. The lowest BCUT2D eigenvalue weighted by Crippen LogP contribution is -2.61. The lowest BCUT2D eigenvalue weighted by molar-refractivity contribution is 0.0905. The molecule has 0 radical (unpaired) electrons. The van der Waals surface area contributed by atoms with Crippen LogP contribution in [0.1, 0.15) is 45.4 Å². The molecule has 15 heavy (non-hydrogen) atoms. The summed E-state index contributed by atoms with van der Waals surface area (Å²) in [5.74, 6) is 2.46. The first-order chi connectivity index (χ1) is 7.25. The van der Waals surface area contributed by atoms with Crippen molar-refractivity contribution in [2.24, 2.45) is 23.5 Å². The molecule has 0 aromatic rings. The zero-order chi connectivity index (χ0) is 10.4.